The van der Waals surface area contributed by atoms with E-state index in [2.05, 4.69) is 5.32 Å². The zero-order chi connectivity index (χ0) is 10.7. The Morgan fingerprint density at radius 2 is 1.86 bits per heavy atom. The van der Waals surface area contributed by atoms with Gasteiger partial charge in [-0.05, 0) is 37.1 Å². The first-order valence-corrected chi connectivity index (χ1v) is 4.12. The molecule has 0 heterocycles. The van der Waals surface area contributed by atoms with E-state index in [1.165, 1.54) is 0 Å². The molecule has 4 heteroatoms. The molecule has 0 spiro atoms. The molecule has 1 rings (SSSR count). The van der Waals surface area contributed by atoms with Gasteiger partial charge in [0.2, 0.25) is 0 Å². The molecule has 0 aliphatic rings. The molecule has 1 amide bonds. The van der Waals surface area contributed by atoms with Crippen molar-refractivity contribution in [3.05, 3.63) is 29.3 Å². The standard InChI is InChI=1S/C10H11NO3/c1-6-3-4-8(5-7(6)2)11-9(12)10(13)14/h3-5H,1-2H3,(H,11,12)(H,13,14). The van der Waals surface area contributed by atoms with E-state index >= 15 is 0 Å². The molecule has 0 unspecified atom stereocenters. The SMILES string of the molecule is Cc1ccc(NC(=O)C(=O)O)cc1C. The molecule has 0 fully saturated rings. The van der Waals surface area contributed by atoms with Gasteiger partial charge < -0.3 is 10.4 Å². The maximum Gasteiger partial charge on any atom is 0.394 e. The van der Waals surface area contributed by atoms with Gasteiger partial charge in [0.05, 0.1) is 0 Å². The van der Waals surface area contributed by atoms with Crippen LogP contribution in [0.25, 0.3) is 0 Å². The third kappa shape index (κ3) is 2.32. The van der Waals surface area contributed by atoms with Gasteiger partial charge in [-0.3, -0.25) is 4.79 Å². The molecule has 0 aliphatic heterocycles. The molecule has 0 aliphatic carbocycles. The van der Waals surface area contributed by atoms with Crippen molar-refractivity contribution >= 4 is 17.6 Å². The summed E-state index contributed by atoms with van der Waals surface area (Å²) in [6.07, 6.45) is 0. The molecule has 1 aromatic carbocycles. The first kappa shape index (κ1) is 10.2. The Labute approximate surface area is 81.6 Å². The van der Waals surface area contributed by atoms with Crippen LogP contribution in [-0.2, 0) is 9.59 Å². The highest BCUT2D eigenvalue weighted by molar-refractivity contribution is 6.36. The fourth-order valence-electron chi connectivity index (χ4n) is 1.00. The van der Waals surface area contributed by atoms with Crippen LogP contribution in [-0.4, -0.2) is 17.0 Å². The maximum absolute atomic E-state index is 10.8. The van der Waals surface area contributed by atoms with Crippen LogP contribution in [0.3, 0.4) is 0 Å². The number of carbonyl (C=O) groups is 2. The molecule has 2 N–H and O–H groups in total. The lowest BCUT2D eigenvalue weighted by molar-refractivity contribution is -0.147. The number of anilines is 1. The van der Waals surface area contributed by atoms with Gasteiger partial charge in [0.15, 0.2) is 0 Å². The van der Waals surface area contributed by atoms with E-state index in [4.69, 9.17) is 5.11 Å². The van der Waals surface area contributed by atoms with Crippen molar-refractivity contribution in [2.45, 2.75) is 13.8 Å². The normalized spacial score (nSPS) is 9.57. The number of aryl methyl sites for hydroxylation is 2. The average molecular weight is 193 g/mol. The molecular formula is C10H11NO3. The smallest absolute Gasteiger partial charge is 0.394 e. The summed E-state index contributed by atoms with van der Waals surface area (Å²) < 4.78 is 0. The summed E-state index contributed by atoms with van der Waals surface area (Å²) in [4.78, 5) is 21.0. The molecule has 4 nitrogen and oxygen atoms in total. The van der Waals surface area contributed by atoms with Gasteiger partial charge in [-0.25, -0.2) is 4.79 Å². The van der Waals surface area contributed by atoms with Gasteiger partial charge in [-0.15, -0.1) is 0 Å². The number of aliphatic carboxylic acids is 1. The van der Waals surface area contributed by atoms with Crippen molar-refractivity contribution in [1.82, 2.24) is 0 Å². The fourth-order valence-corrected chi connectivity index (χ4v) is 1.00. The number of carboxylic acids is 1. The van der Waals surface area contributed by atoms with E-state index in [0.717, 1.165) is 11.1 Å². The van der Waals surface area contributed by atoms with E-state index in [-0.39, 0.29) is 0 Å². The van der Waals surface area contributed by atoms with Crippen molar-refractivity contribution in [1.29, 1.82) is 0 Å². The second-order valence-electron chi connectivity index (χ2n) is 3.06. The lowest BCUT2D eigenvalue weighted by atomic mass is 10.1. The van der Waals surface area contributed by atoms with E-state index in [9.17, 15) is 9.59 Å². The van der Waals surface area contributed by atoms with E-state index < -0.39 is 11.9 Å². The summed E-state index contributed by atoms with van der Waals surface area (Å²) in [5, 5.41) is 10.6. The topological polar surface area (TPSA) is 66.4 Å². The average Bonchev–Trinajstić information content (AvgIpc) is 2.11. The second-order valence-corrected chi connectivity index (χ2v) is 3.06. The third-order valence-electron chi connectivity index (χ3n) is 1.96. The number of carbonyl (C=O) groups excluding carboxylic acids is 1. The van der Waals surface area contributed by atoms with Crippen molar-refractivity contribution in [2.24, 2.45) is 0 Å². The highest BCUT2D eigenvalue weighted by Gasteiger charge is 2.10. The van der Waals surface area contributed by atoms with Gasteiger partial charge in [-0.2, -0.15) is 0 Å². The van der Waals surface area contributed by atoms with Crippen LogP contribution in [0.1, 0.15) is 11.1 Å². The first-order chi connectivity index (χ1) is 6.50. The molecule has 0 saturated carbocycles. The predicted octanol–water partition coefficient (Wildman–Crippen LogP) is 1.33. The van der Waals surface area contributed by atoms with Crippen LogP contribution >= 0.6 is 0 Å². The zero-order valence-corrected chi connectivity index (χ0v) is 8.00. The Hall–Kier alpha value is -1.84. The minimum absolute atomic E-state index is 0.500. The number of hydrogen-bond acceptors (Lipinski definition) is 2. The number of hydrogen-bond donors (Lipinski definition) is 2. The van der Waals surface area contributed by atoms with Crippen molar-refractivity contribution in [3.63, 3.8) is 0 Å². The summed E-state index contributed by atoms with van der Waals surface area (Å²) in [6, 6.07) is 5.23. The number of nitrogens with one attached hydrogen (secondary N) is 1. The van der Waals surface area contributed by atoms with Gasteiger partial charge >= 0.3 is 11.9 Å². The summed E-state index contributed by atoms with van der Waals surface area (Å²) in [6.45, 7) is 3.84. The molecular weight excluding hydrogens is 182 g/mol. The number of amides is 1. The summed E-state index contributed by atoms with van der Waals surface area (Å²) in [5.41, 5.74) is 2.60. The van der Waals surface area contributed by atoms with Gasteiger partial charge in [0, 0.05) is 5.69 Å². The maximum atomic E-state index is 10.8. The fraction of sp³-hybridized carbons (Fsp3) is 0.200. The summed E-state index contributed by atoms with van der Waals surface area (Å²) >= 11 is 0. The van der Waals surface area contributed by atoms with Gasteiger partial charge in [0.1, 0.15) is 0 Å². The Kier molecular flexibility index (Phi) is 2.86. The molecule has 1 aromatic rings. The van der Waals surface area contributed by atoms with E-state index in [1.54, 1.807) is 12.1 Å². The van der Waals surface area contributed by atoms with E-state index in [0.29, 0.717) is 5.69 Å². The van der Waals surface area contributed by atoms with Crippen LogP contribution in [0.2, 0.25) is 0 Å². The number of benzene rings is 1. The second kappa shape index (κ2) is 3.91. The minimum Gasteiger partial charge on any atom is -0.474 e. The Morgan fingerprint density at radius 1 is 1.21 bits per heavy atom. The largest absolute Gasteiger partial charge is 0.474 e. The molecule has 0 radical (unpaired) electrons. The number of rotatable bonds is 1. The first-order valence-electron chi connectivity index (χ1n) is 4.12. The molecule has 74 valence electrons. The lowest BCUT2D eigenvalue weighted by Crippen LogP contribution is -2.21. The van der Waals surface area contributed by atoms with Crippen LogP contribution in [0.15, 0.2) is 18.2 Å². The Balaban J connectivity index is 2.83. The van der Waals surface area contributed by atoms with Crippen molar-refractivity contribution in [2.75, 3.05) is 5.32 Å². The zero-order valence-electron chi connectivity index (χ0n) is 8.00. The highest BCUT2D eigenvalue weighted by Crippen LogP contribution is 2.13. The molecule has 0 atom stereocenters. The van der Waals surface area contributed by atoms with Crippen LogP contribution in [0.5, 0.6) is 0 Å². The quantitative estimate of drug-likeness (QED) is 0.661. The molecule has 0 bridgehead atoms. The van der Waals surface area contributed by atoms with Crippen molar-refractivity contribution < 1.29 is 14.7 Å². The summed E-state index contributed by atoms with van der Waals surface area (Å²) in [5.74, 6) is -2.50. The molecule has 0 aromatic heterocycles. The van der Waals surface area contributed by atoms with Crippen LogP contribution < -0.4 is 5.32 Å². The monoisotopic (exact) mass is 193 g/mol. The molecule has 14 heavy (non-hydrogen) atoms. The highest BCUT2D eigenvalue weighted by atomic mass is 16.4. The predicted molar refractivity (Wildman–Crippen MR) is 52.2 cm³/mol. The Bertz CT molecular complexity index is 385. The van der Waals surface area contributed by atoms with Crippen LogP contribution in [0, 0.1) is 13.8 Å². The third-order valence-corrected chi connectivity index (χ3v) is 1.96. The Morgan fingerprint density at radius 3 is 2.36 bits per heavy atom. The van der Waals surface area contributed by atoms with Crippen LogP contribution in [0.4, 0.5) is 5.69 Å². The molecule has 0 saturated heterocycles. The van der Waals surface area contributed by atoms with E-state index in [1.807, 2.05) is 19.9 Å². The van der Waals surface area contributed by atoms with Gasteiger partial charge in [-0.1, -0.05) is 6.07 Å². The minimum atomic E-state index is -1.48. The van der Waals surface area contributed by atoms with Gasteiger partial charge in [0.25, 0.3) is 0 Å². The lowest BCUT2D eigenvalue weighted by Gasteiger charge is -2.04. The number of carboxylic acid groups (broad SMARTS) is 1. The van der Waals surface area contributed by atoms with Crippen molar-refractivity contribution in [3.8, 4) is 0 Å². The summed E-state index contributed by atoms with van der Waals surface area (Å²) in [7, 11) is 0.